The topological polar surface area (TPSA) is 44.9 Å². The summed E-state index contributed by atoms with van der Waals surface area (Å²) in [6.07, 6.45) is 1.50. The fourth-order valence-electron chi connectivity index (χ4n) is 2.15. The van der Waals surface area contributed by atoms with Crippen LogP contribution in [0.1, 0.15) is 0 Å². The monoisotopic (exact) mass is 298 g/mol. The Kier molecular flexibility index (Phi) is 3.70. The van der Waals surface area contributed by atoms with Crippen molar-refractivity contribution in [3.63, 3.8) is 0 Å². The molecule has 0 spiro atoms. The molecule has 0 saturated carbocycles. The van der Waals surface area contributed by atoms with Crippen LogP contribution in [-0.2, 0) is 0 Å². The van der Waals surface area contributed by atoms with E-state index in [1.165, 1.54) is 18.3 Å². The van der Waals surface area contributed by atoms with Crippen molar-refractivity contribution in [2.24, 2.45) is 0 Å². The van der Waals surface area contributed by atoms with Gasteiger partial charge < -0.3 is 10.3 Å². The lowest BCUT2D eigenvalue weighted by Gasteiger charge is -2.08. The first-order valence-electron chi connectivity index (χ1n) is 6.64. The minimum atomic E-state index is -0.776. The molecule has 0 unspecified atom stereocenters. The highest BCUT2D eigenvalue weighted by molar-refractivity contribution is 5.69. The van der Waals surface area contributed by atoms with E-state index in [0.717, 1.165) is 17.8 Å². The average Bonchev–Trinajstić information content (AvgIpc) is 2.51. The number of nitrogens with one attached hydrogen (secondary N) is 2. The highest BCUT2D eigenvalue weighted by atomic mass is 19.1. The molecule has 1 heterocycles. The number of aromatic amines is 1. The van der Waals surface area contributed by atoms with Crippen LogP contribution in [0.4, 0.5) is 20.2 Å². The highest BCUT2D eigenvalue weighted by Gasteiger charge is 2.11. The number of pyridine rings is 1. The Balaban J connectivity index is 2.02. The van der Waals surface area contributed by atoms with Crippen LogP contribution in [0.25, 0.3) is 11.1 Å². The quantitative estimate of drug-likeness (QED) is 0.765. The summed E-state index contributed by atoms with van der Waals surface area (Å²) in [6.45, 7) is 0. The number of anilines is 2. The van der Waals surface area contributed by atoms with Crippen molar-refractivity contribution in [1.29, 1.82) is 0 Å². The third kappa shape index (κ3) is 2.88. The number of halogens is 2. The Morgan fingerprint density at radius 1 is 0.864 bits per heavy atom. The second-order valence-corrected chi connectivity index (χ2v) is 4.75. The van der Waals surface area contributed by atoms with Gasteiger partial charge in [0.25, 0.3) is 5.56 Å². The first-order chi connectivity index (χ1) is 10.6. The molecule has 3 rings (SSSR count). The van der Waals surface area contributed by atoms with Gasteiger partial charge in [-0.25, -0.2) is 8.78 Å². The largest absolute Gasteiger partial charge is 0.354 e. The summed E-state index contributed by atoms with van der Waals surface area (Å²) in [5, 5.41) is 3.11. The molecular formula is C17H12F2N2O. The third-order valence-corrected chi connectivity index (χ3v) is 3.19. The Bertz CT molecular complexity index is 860. The second-order valence-electron chi connectivity index (χ2n) is 4.75. The predicted molar refractivity (Wildman–Crippen MR) is 82.1 cm³/mol. The molecule has 2 N–H and O–H groups in total. The number of para-hydroxylation sites is 1. The summed E-state index contributed by atoms with van der Waals surface area (Å²) in [6, 6.07) is 14.0. The number of H-pyrrole nitrogens is 1. The average molecular weight is 298 g/mol. The summed E-state index contributed by atoms with van der Waals surface area (Å²) < 4.78 is 26.9. The number of hydrogen-bond donors (Lipinski definition) is 2. The molecule has 1 aromatic heterocycles. The Morgan fingerprint density at radius 2 is 1.64 bits per heavy atom. The maximum Gasteiger partial charge on any atom is 0.256 e. The van der Waals surface area contributed by atoms with Crippen LogP contribution in [0.3, 0.4) is 0 Å². The van der Waals surface area contributed by atoms with Gasteiger partial charge in [0.05, 0.1) is 11.3 Å². The van der Waals surface area contributed by atoms with E-state index in [9.17, 15) is 13.6 Å². The van der Waals surface area contributed by atoms with Crippen molar-refractivity contribution in [3.05, 3.63) is 82.8 Å². The molecule has 0 radical (unpaired) electrons. The summed E-state index contributed by atoms with van der Waals surface area (Å²) in [5.41, 5.74) is 1.19. The van der Waals surface area contributed by atoms with Gasteiger partial charge in [0, 0.05) is 23.5 Å². The van der Waals surface area contributed by atoms with Crippen molar-refractivity contribution in [2.45, 2.75) is 0 Å². The minimum Gasteiger partial charge on any atom is -0.354 e. The van der Waals surface area contributed by atoms with E-state index in [1.54, 1.807) is 0 Å². The standard InChI is InChI=1S/C17H12F2N2O/c18-11-6-7-14(16(19)8-11)15-9-13(10-20-17(15)22)21-12-4-2-1-3-5-12/h1-10,21H,(H,20,22). The van der Waals surface area contributed by atoms with Gasteiger partial charge in [-0.2, -0.15) is 0 Å². The van der Waals surface area contributed by atoms with Crippen LogP contribution in [0.2, 0.25) is 0 Å². The van der Waals surface area contributed by atoms with Crippen LogP contribution in [0, 0.1) is 11.6 Å². The molecule has 0 bridgehead atoms. The smallest absolute Gasteiger partial charge is 0.256 e. The van der Waals surface area contributed by atoms with Crippen LogP contribution >= 0.6 is 0 Å². The van der Waals surface area contributed by atoms with Gasteiger partial charge in [0.2, 0.25) is 0 Å². The van der Waals surface area contributed by atoms with Gasteiger partial charge in [-0.1, -0.05) is 18.2 Å². The SMILES string of the molecule is O=c1[nH]cc(Nc2ccccc2)cc1-c1ccc(F)cc1F. The summed E-state index contributed by atoms with van der Waals surface area (Å²) in [5.74, 6) is -1.46. The van der Waals surface area contributed by atoms with Gasteiger partial charge in [0.1, 0.15) is 11.6 Å². The van der Waals surface area contributed by atoms with Crippen molar-refractivity contribution in [3.8, 4) is 11.1 Å². The van der Waals surface area contributed by atoms with E-state index in [-0.39, 0.29) is 11.1 Å². The summed E-state index contributed by atoms with van der Waals surface area (Å²) in [4.78, 5) is 14.5. The maximum atomic E-state index is 13.9. The van der Waals surface area contributed by atoms with E-state index in [1.807, 2.05) is 30.3 Å². The van der Waals surface area contributed by atoms with Gasteiger partial charge in [-0.05, 0) is 30.3 Å². The van der Waals surface area contributed by atoms with Crippen LogP contribution in [-0.4, -0.2) is 4.98 Å². The molecule has 0 saturated heterocycles. The molecule has 22 heavy (non-hydrogen) atoms. The fraction of sp³-hybridized carbons (Fsp3) is 0. The third-order valence-electron chi connectivity index (χ3n) is 3.19. The molecule has 110 valence electrons. The van der Waals surface area contributed by atoms with Crippen molar-refractivity contribution >= 4 is 11.4 Å². The number of benzene rings is 2. The summed E-state index contributed by atoms with van der Waals surface area (Å²) >= 11 is 0. The minimum absolute atomic E-state index is 0.0550. The Hall–Kier alpha value is -2.95. The zero-order valence-corrected chi connectivity index (χ0v) is 11.4. The zero-order chi connectivity index (χ0) is 15.5. The fourth-order valence-corrected chi connectivity index (χ4v) is 2.15. The van der Waals surface area contributed by atoms with Crippen molar-refractivity contribution in [2.75, 3.05) is 5.32 Å². The van der Waals surface area contributed by atoms with Crippen molar-refractivity contribution < 1.29 is 8.78 Å². The van der Waals surface area contributed by atoms with E-state index < -0.39 is 17.2 Å². The Labute approximate surface area is 125 Å². The zero-order valence-electron chi connectivity index (χ0n) is 11.4. The lowest BCUT2D eigenvalue weighted by atomic mass is 10.1. The first-order valence-corrected chi connectivity index (χ1v) is 6.64. The van der Waals surface area contributed by atoms with Crippen LogP contribution in [0.15, 0.2) is 65.6 Å². The molecule has 0 aliphatic carbocycles. The van der Waals surface area contributed by atoms with Crippen LogP contribution in [0.5, 0.6) is 0 Å². The van der Waals surface area contributed by atoms with Gasteiger partial charge in [-0.3, -0.25) is 4.79 Å². The van der Waals surface area contributed by atoms with Gasteiger partial charge in [-0.15, -0.1) is 0 Å². The molecule has 0 aliphatic heterocycles. The number of aromatic nitrogens is 1. The second kappa shape index (κ2) is 5.81. The molecule has 0 aliphatic rings. The number of hydrogen-bond acceptors (Lipinski definition) is 2. The molecule has 3 nitrogen and oxygen atoms in total. The Morgan fingerprint density at radius 3 is 2.36 bits per heavy atom. The van der Waals surface area contributed by atoms with Gasteiger partial charge >= 0.3 is 0 Å². The normalized spacial score (nSPS) is 10.5. The maximum absolute atomic E-state index is 13.9. The van der Waals surface area contributed by atoms with Crippen molar-refractivity contribution in [1.82, 2.24) is 4.98 Å². The van der Waals surface area contributed by atoms with Crippen LogP contribution < -0.4 is 10.9 Å². The summed E-state index contributed by atoms with van der Waals surface area (Å²) in [7, 11) is 0. The van der Waals surface area contributed by atoms with E-state index in [0.29, 0.717) is 5.69 Å². The molecule has 0 atom stereocenters. The molecule has 0 fully saturated rings. The lowest BCUT2D eigenvalue weighted by molar-refractivity contribution is 0.585. The first kappa shape index (κ1) is 14.0. The molecule has 0 amide bonds. The predicted octanol–water partition coefficient (Wildman–Crippen LogP) is 4.06. The lowest BCUT2D eigenvalue weighted by Crippen LogP contribution is -2.10. The van der Waals surface area contributed by atoms with E-state index in [4.69, 9.17) is 0 Å². The molecule has 5 heteroatoms. The van der Waals surface area contributed by atoms with E-state index >= 15 is 0 Å². The van der Waals surface area contributed by atoms with Gasteiger partial charge in [0.15, 0.2) is 0 Å². The molecular weight excluding hydrogens is 286 g/mol. The van der Waals surface area contributed by atoms with E-state index in [2.05, 4.69) is 10.3 Å². The molecule has 3 aromatic rings. The molecule has 2 aromatic carbocycles. The number of rotatable bonds is 3. The highest BCUT2D eigenvalue weighted by Crippen LogP contribution is 2.23.